The number of halogens is 4. The van der Waals surface area contributed by atoms with Crippen LogP contribution in [-0.4, -0.2) is 11.6 Å². The van der Waals surface area contributed by atoms with Gasteiger partial charge >= 0.3 is 6.36 Å². The Labute approximate surface area is 107 Å². The molecule has 98 valence electrons. The van der Waals surface area contributed by atoms with Gasteiger partial charge in [-0.1, -0.05) is 6.07 Å². The average molecular weight is 279 g/mol. The zero-order chi connectivity index (χ0) is 13.6. The second-order valence-electron chi connectivity index (χ2n) is 4.47. The minimum atomic E-state index is -4.74. The van der Waals surface area contributed by atoms with Crippen molar-refractivity contribution in [2.45, 2.75) is 31.5 Å². The Kier molecular flexibility index (Phi) is 3.05. The molecular weight excluding hydrogens is 269 g/mol. The first-order chi connectivity index (χ1) is 8.22. The number of rotatable bonds is 2. The molecule has 0 saturated carbocycles. The Bertz CT molecular complexity index is 499. The molecule has 0 heterocycles. The van der Waals surface area contributed by atoms with Gasteiger partial charge in [0.1, 0.15) is 5.75 Å². The Balaban J connectivity index is 2.40. The van der Waals surface area contributed by atoms with Crippen molar-refractivity contribution in [2.75, 3.05) is 0 Å². The van der Waals surface area contributed by atoms with Gasteiger partial charge in [0.2, 0.25) is 5.24 Å². The normalized spacial score (nSPS) is 22.7. The van der Waals surface area contributed by atoms with Crippen molar-refractivity contribution in [2.24, 2.45) is 0 Å². The van der Waals surface area contributed by atoms with E-state index in [9.17, 15) is 18.0 Å². The second kappa shape index (κ2) is 4.16. The lowest BCUT2D eigenvalue weighted by atomic mass is 9.85. The number of carbonyl (C=O) groups excluding carboxylic acids is 1. The number of alkyl halides is 3. The highest BCUT2D eigenvalue weighted by molar-refractivity contribution is 6.65. The highest BCUT2D eigenvalue weighted by Crippen LogP contribution is 2.42. The standard InChI is InChI=1S/C12H10ClF3O2/c1-11(10(13)17)5-4-7-2-3-8(6-9(7)11)18-12(14,15)16/h2-3,6H,4-5H2,1H3. The summed E-state index contributed by atoms with van der Waals surface area (Å²) >= 11 is 5.54. The molecule has 0 spiro atoms. The molecule has 0 N–H and O–H groups in total. The number of aryl methyl sites for hydroxylation is 1. The zero-order valence-corrected chi connectivity index (χ0v) is 10.2. The van der Waals surface area contributed by atoms with Gasteiger partial charge in [-0.25, -0.2) is 0 Å². The van der Waals surface area contributed by atoms with Crippen LogP contribution in [0.2, 0.25) is 0 Å². The van der Waals surface area contributed by atoms with Gasteiger partial charge in [0.15, 0.2) is 0 Å². The van der Waals surface area contributed by atoms with Gasteiger partial charge in [0.25, 0.3) is 0 Å². The maximum absolute atomic E-state index is 12.1. The van der Waals surface area contributed by atoms with Crippen LogP contribution in [0.25, 0.3) is 0 Å². The summed E-state index contributed by atoms with van der Waals surface area (Å²) in [5.74, 6) is -0.327. The molecule has 0 fully saturated rings. The van der Waals surface area contributed by atoms with Crippen LogP contribution >= 0.6 is 11.6 Å². The molecule has 1 unspecified atom stereocenters. The Morgan fingerprint density at radius 2 is 2.11 bits per heavy atom. The SMILES string of the molecule is CC1(C(=O)Cl)CCc2ccc(OC(F)(F)F)cc21. The number of ether oxygens (including phenoxy) is 1. The highest BCUT2D eigenvalue weighted by Gasteiger charge is 2.41. The molecular formula is C12H10ClF3O2. The first-order valence-electron chi connectivity index (χ1n) is 5.31. The summed E-state index contributed by atoms with van der Waals surface area (Å²) in [6, 6.07) is 4.04. The molecule has 0 aromatic heterocycles. The van der Waals surface area contributed by atoms with Gasteiger partial charge in [-0.05, 0) is 54.6 Å². The smallest absolute Gasteiger partial charge is 0.406 e. The molecule has 0 bridgehead atoms. The van der Waals surface area contributed by atoms with Crippen molar-refractivity contribution < 1.29 is 22.7 Å². The fourth-order valence-corrected chi connectivity index (χ4v) is 2.40. The summed E-state index contributed by atoms with van der Waals surface area (Å²) in [6.07, 6.45) is -3.62. The largest absolute Gasteiger partial charge is 0.573 e. The van der Waals surface area contributed by atoms with Crippen molar-refractivity contribution in [3.05, 3.63) is 29.3 Å². The topological polar surface area (TPSA) is 26.3 Å². The molecule has 0 saturated heterocycles. The zero-order valence-electron chi connectivity index (χ0n) is 9.47. The van der Waals surface area contributed by atoms with Crippen LogP contribution in [-0.2, 0) is 16.6 Å². The van der Waals surface area contributed by atoms with Crippen LogP contribution in [0.15, 0.2) is 18.2 Å². The first kappa shape index (κ1) is 13.2. The Hall–Kier alpha value is -1.23. The van der Waals surface area contributed by atoms with E-state index in [4.69, 9.17) is 11.6 Å². The van der Waals surface area contributed by atoms with E-state index in [2.05, 4.69) is 4.74 Å². The summed E-state index contributed by atoms with van der Waals surface area (Å²) in [4.78, 5) is 11.4. The Morgan fingerprint density at radius 1 is 1.44 bits per heavy atom. The van der Waals surface area contributed by atoms with E-state index in [1.165, 1.54) is 12.1 Å². The van der Waals surface area contributed by atoms with Gasteiger partial charge in [-0.3, -0.25) is 4.79 Å². The van der Waals surface area contributed by atoms with E-state index in [-0.39, 0.29) is 5.75 Å². The Morgan fingerprint density at radius 3 is 2.67 bits per heavy atom. The lowest BCUT2D eigenvalue weighted by Gasteiger charge is -2.20. The molecule has 1 aliphatic carbocycles. The predicted octanol–water partition coefficient (Wildman–Crippen LogP) is 3.55. The van der Waals surface area contributed by atoms with Crippen molar-refractivity contribution in [1.29, 1.82) is 0 Å². The maximum Gasteiger partial charge on any atom is 0.573 e. The minimum Gasteiger partial charge on any atom is -0.406 e. The van der Waals surface area contributed by atoms with Crippen LogP contribution in [0, 0.1) is 0 Å². The monoisotopic (exact) mass is 278 g/mol. The molecule has 1 aliphatic rings. The summed E-state index contributed by atoms with van der Waals surface area (Å²) in [6.45, 7) is 1.63. The van der Waals surface area contributed by atoms with Gasteiger partial charge in [-0.15, -0.1) is 13.2 Å². The number of carbonyl (C=O) groups is 1. The second-order valence-corrected chi connectivity index (χ2v) is 4.82. The van der Waals surface area contributed by atoms with Crippen LogP contribution in [0.4, 0.5) is 13.2 Å². The van der Waals surface area contributed by atoms with Crippen molar-refractivity contribution in [1.82, 2.24) is 0 Å². The third-order valence-corrected chi connectivity index (χ3v) is 3.65. The molecule has 1 aromatic rings. The molecule has 18 heavy (non-hydrogen) atoms. The van der Waals surface area contributed by atoms with Crippen LogP contribution in [0.3, 0.4) is 0 Å². The van der Waals surface area contributed by atoms with E-state index in [1.54, 1.807) is 13.0 Å². The van der Waals surface area contributed by atoms with Gasteiger partial charge in [0.05, 0.1) is 5.41 Å². The van der Waals surface area contributed by atoms with Crippen LogP contribution < -0.4 is 4.74 Å². The van der Waals surface area contributed by atoms with Crippen LogP contribution in [0.1, 0.15) is 24.5 Å². The molecule has 2 nitrogen and oxygen atoms in total. The lowest BCUT2D eigenvalue weighted by molar-refractivity contribution is -0.274. The molecule has 0 aliphatic heterocycles. The maximum atomic E-state index is 12.1. The van der Waals surface area contributed by atoms with E-state index >= 15 is 0 Å². The van der Waals surface area contributed by atoms with Crippen molar-refractivity contribution >= 4 is 16.8 Å². The van der Waals surface area contributed by atoms with Crippen molar-refractivity contribution in [3.63, 3.8) is 0 Å². The number of fused-ring (bicyclic) bond motifs is 1. The molecule has 0 radical (unpaired) electrons. The van der Waals surface area contributed by atoms with Crippen molar-refractivity contribution in [3.8, 4) is 5.75 Å². The lowest BCUT2D eigenvalue weighted by Crippen LogP contribution is -2.26. The predicted molar refractivity (Wildman–Crippen MR) is 59.7 cm³/mol. The fraction of sp³-hybridized carbons (Fsp3) is 0.417. The average Bonchev–Trinajstić information content (AvgIpc) is 2.56. The summed E-state index contributed by atoms with van der Waals surface area (Å²) < 4.78 is 40.2. The molecule has 0 amide bonds. The van der Waals surface area contributed by atoms with Gasteiger partial charge in [0, 0.05) is 0 Å². The summed E-state index contributed by atoms with van der Waals surface area (Å²) in [5.41, 5.74) is 0.423. The number of hydrogen-bond donors (Lipinski definition) is 0. The fourth-order valence-electron chi connectivity index (χ4n) is 2.21. The van der Waals surface area contributed by atoms with Crippen LogP contribution in [0.5, 0.6) is 5.75 Å². The molecule has 2 rings (SSSR count). The van der Waals surface area contributed by atoms with E-state index in [0.29, 0.717) is 18.4 Å². The van der Waals surface area contributed by atoms with E-state index in [1.807, 2.05) is 0 Å². The quantitative estimate of drug-likeness (QED) is 0.773. The third-order valence-electron chi connectivity index (χ3n) is 3.24. The van der Waals surface area contributed by atoms with Gasteiger partial charge in [-0.2, -0.15) is 0 Å². The molecule has 1 aromatic carbocycles. The minimum absolute atomic E-state index is 0.327. The summed E-state index contributed by atoms with van der Waals surface area (Å²) in [5, 5.41) is -0.564. The number of hydrogen-bond acceptors (Lipinski definition) is 2. The third kappa shape index (κ3) is 2.32. The number of benzene rings is 1. The first-order valence-corrected chi connectivity index (χ1v) is 5.69. The molecule has 1 atom stereocenters. The van der Waals surface area contributed by atoms with E-state index in [0.717, 1.165) is 5.56 Å². The van der Waals surface area contributed by atoms with E-state index < -0.39 is 17.0 Å². The molecule has 6 heteroatoms. The summed E-state index contributed by atoms with van der Waals surface area (Å²) in [7, 11) is 0. The van der Waals surface area contributed by atoms with Gasteiger partial charge < -0.3 is 4.74 Å². The highest BCUT2D eigenvalue weighted by atomic mass is 35.5.